The maximum atomic E-state index is 4.50. The van der Waals surface area contributed by atoms with Crippen LogP contribution >= 0.6 is 0 Å². The largest absolute Gasteiger partial charge is 0.376 e. The van der Waals surface area contributed by atoms with Crippen molar-refractivity contribution in [1.29, 1.82) is 0 Å². The lowest BCUT2D eigenvalue weighted by Crippen LogP contribution is -2.09. The molecule has 4 aromatic rings. The van der Waals surface area contributed by atoms with Gasteiger partial charge in [0.15, 0.2) is 11.6 Å². The molecule has 0 unspecified atom stereocenters. The highest BCUT2D eigenvalue weighted by molar-refractivity contribution is 5.61. The van der Waals surface area contributed by atoms with E-state index in [-0.39, 0.29) is 0 Å². The van der Waals surface area contributed by atoms with Crippen molar-refractivity contribution in [2.24, 2.45) is 7.05 Å². The summed E-state index contributed by atoms with van der Waals surface area (Å²) in [4.78, 5) is 0. The van der Waals surface area contributed by atoms with Gasteiger partial charge in [0.25, 0.3) is 0 Å². The zero-order valence-electron chi connectivity index (χ0n) is 14.8. The second kappa shape index (κ2) is 6.84. The molecule has 0 saturated heterocycles. The average molecular weight is 344 g/mol. The number of benzene rings is 2. The highest BCUT2D eigenvalue weighted by Gasteiger charge is 2.11. The first-order valence-corrected chi connectivity index (χ1v) is 8.51. The molecule has 0 atom stereocenters. The first-order valence-electron chi connectivity index (χ1n) is 8.51. The number of nitrogens with one attached hydrogen (secondary N) is 1. The summed E-state index contributed by atoms with van der Waals surface area (Å²) in [5.74, 6) is 1.73. The summed E-state index contributed by atoms with van der Waals surface area (Å²) in [5.41, 5.74) is 4.05. The molecule has 0 spiro atoms. The zero-order chi connectivity index (χ0) is 17.9. The molecule has 0 aliphatic heterocycles. The Morgan fingerprint density at radius 1 is 0.923 bits per heavy atom. The van der Waals surface area contributed by atoms with E-state index in [4.69, 9.17) is 0 Å². The lowest BCUT2D eigenvalue weighted by atomic mass is 10.2. The van der Waals surface area contributed by atoms with E-state index in [9.17, 15) is 0 Å². The van der Waals surface area contributed by atoms with Crippen molar-refractivity contribution in [3.8, 4) is 17.1 Å². The molecule has 0 fully saturated rings. The van der Waals surface area contributed by atoms with Crippen LogP contribution in [0.15, 0.2) is 66.9 Å². The van der Waals surface area contributed by atoms with Gasteiger partial charge < -0.3 is 9.88 Å². The highest BCUT2D eigenvalue weighted by Crippen LogP contribution is 2.21. The predicted molar refractivity (Wildman–Crippen MR) is 102 cm³/mol. The molecular formula is C20H20N6. The minimum atomic E-state index is 0.577. The molecule has 2 aromatic carbocycles. The van der Waals surface area contributed by atoms with E-state index in [1.165, 1.54) is 0 Å². The molecule has 0 saturated carbocycles. The smallest absolute Gasteiger partial charge is 0.163 e. The van der Waals surface area contributed by atoms with Crippen molar-refractivity contribution >= 4 is 5.69 Å². The van der Waals surface area contributed by atoms with Gasteiger partial charge >= 0.3 is 0 Å². The van der Waals surface area contributed by atoms with E-state index in [0.29, 0.717) is 6.54 Å². The molecular weight excluding hydrogens is 324 g/mol. The second-order valence-electron chi connectivity index (χ2n) is 6.14. The monoisotopic (exact) mass is 344 g/mol. The summed E-state index contributed by atoms with van der Waals surface area (Å²) in [6, 6.07) is 20.2. The molecule has 0 radical (unpaired) electrons. The Kier molecular flexibility index (Phi) is 4.23. The number of hydrogen-bond donors (Lipinski definition) is 1. The molecule has 6 nitrogen and oxygen atoms in total. The average Bonchev–Trinajstić information content (AvgIpc) is 3.27. The number of aromatic nitrogens is 5. The van der Waals surface area contributed by atoms with Crippen molar-refractivity contribution < 1.29 is 0 Å². The van der Waals surface area contributed by atoms with Crippen molar-refractivity contribution in [3.05, 3.63) is 78.4 Å². The van der Waals surface area contributed by atoms with E-state index in [0.717, 1.165) is 34.3 Å². The molecule has 4 rings (SSSR count). The van der Waals surface area contributed by atoms with Gasteiger partial charge in [0, 0.05) is 18.8 Å². The fourth-order valence-electron chi connectivity index (χ4n) is 2.90. The Labute approximate surface area is 152 Å². The number of para-hydroxylation sites is 2. The Morgan fingerprint density at radius 3 is 2.46 bits per heavy atom. The fraction of sp³-hybridized carbons (Fsp3) is 0.150. The van der Waals surface area contributed by atoms with Gasteiger partial charge in [-0.3, -0.25) is 0 Å². The molecule has 0 aliphatic carbocycles. The fourth-order valence-corrected chi connectivity index (χ4v) is 2.90. The van der Waals surface area contributed by atoms with Crippen LogP contribution in [0, 0.1) is 6.92 Å². The lowest BCUT2D eigenvalue weighted by Gasteiger charge is -2.12. The summed E-state index contributed by atoms with van der Waals surface area (Å²) in [7, 11) is 1.99. The first kappa shape index (κ1) is 16.1. The molecule has 1 N–H and O–H groups in total. The Balaban J connectivity index is 1.57. The van der Waals surface area contributed by atoms with E-state index in [1.54, 1.807) is 0 Å². The van der Waals surface area contributed by atoms with Crippen molar-refractivity contribution in [2.45, 2.75) is 13.5 Å². The van der Waals surface area contributed by atoms with Crippen LogP contribution in [0.2, 0.25) is 0 Å². The zero-order valence-corrected chi connectivity index (χ0v) is 14.8. The van der Waals surface area contributed by atoms with Crippen LogP contribution in [0.25, 0.3) is 17.1 Å². The summed E-state index contributed by atoms with van der Waals surface area (Å²) in [5, 5.41) is 16.6. The standard InChI is InChI=1S/C20H20N6/c1-15-12-13-26(24-15)18-11-7-6-10-17(18)21-14-19-22-23-20(25(19)2)16-8-4-3-5-9-16/h3-13,21H,14H2,1-2H3. The number of aryl methyl sites for hydroxylation is 1. The summed E-state index contributed by atoms with van der Waals surface area (Å²) >= 11 is 0. The molecule has 2 heterocycles. The van der Waals surface area contributed by atoms with E-state index < -0.39 is 0 Å². The van der Waals surface area contributed by atoms with Gasteiger partial charge in [0.2, 0.25) is 0 Å². The van der Waals surface area contributed by atoms with Gasteiger partial charge in [0.1, 0.15) is 0 Å². The Hall–Kier alpha value is -3.41. The minimum Gasteiger partial charge on any atom is -0.376 e. The first-order chi connectivity index (χ1) is 12.7. The maximum absolute atomic E-state index is 4.50. The van der Waals surface area contributed by atoms with Crippen molar-refractivity contribution in [3.63, 3.8) is 0 Å². The molecule has 6 heteroatoms. The topological polar surface area (TPSA) is 60.6 Å². The molecule has 0 amide bonds. The van der Waals surface area contributed by atoms with Crippen LogP contribution in [0.1, 0.15) is 11.5 Å². The van der Waals surface area contributed by atoms with Gasteiger partial charge in [0.05, 0.1) is 23.6 Å². The lowest BCUT2D eigenvalue weighted by molar-refractivity contribution is 0.813. The van der Waals surface area contributed by atoms with Crippen LogP contribution in [-0.2, 0) is 13.6 Å². The third kappa shape index (κ3) is 3.09. The molecule has 0 bridgehead atoms. The third-order valence-electron chi connectivity index (χ3n) is 4.31. The molecule has 26 heavy (non-hydrogen) atoms. The normalized spacial score (nSPS) is 10.8. The molecule has 2 aromatic heterocycles. The summed E-state index contributed by atoms with van der Waals surface area (Å²) < 4.78 is 3.90. The van der Waals surface area contributed by atoms with Crippen LogP contribution in [-0.4, -0.2) is 24.5 Å². The number of rotatable bonds is 5. The van der Waals surface area contributed by atoms with Gasteiger partial charge in [-0.05, 0) is 25.1 Å². The summed E-state index contributed by atoms with van der Waals surface area (Å²) in [6.45, 7) is 2.56. The maximum Gasteiger partial charge on any atom is 0.163 e. The van der Waals surface area contributed by atoms with Crippen LogP contribution in [0.5, 0.6) is 0 Å². The second-order valence-corrected chi connectivity index (χ2v) is 6.14. The van der Waals surface area contributed by atoms with Gasteiger partial charge in [-0.15, -0.1) is 10.2 Å². The number of nitrogens with zero attached hydrogens (tertiary/aromatic N) is 5. The number of hydrogen-bond acceptors (Lipinski definition) is 4. The quantitative estimate of drug-likeness (QED) is 0.601. The van der Waals surface area contributed by atoms with Gasteiger partial charge in [-0.25, -0.2) is 4.68 Å². The highest BCUT2D eigenvalue weighted by atomic mass is 15.3. The molecule has 0 aliphatic rings. The van der Waals surface area contributed by atoms with Gasteiger partial charge in [-0.2, -0.15) is 5.10 Å². The van der Waals surface area contributed by atoms with E-state index in [2.05, 4.69) is 20.6 Å². The van der Waals surface area contributed by atoms with Crippen molar-refractivity contribution in [1.82, 2.24) is 24.5 Å². The Morgan fingerprint density at radius 2 is 1.69 bits per heavy atom. The van der Waals surface area contributed by atoms with E-state index >= 15 is 0 Å². The Bertz CT molecular complexity index is 1020. The van der Waals surface area contributed by atoms with Crippen LogP contribution in [0.4, 0.5) is 5.69 Å². The summed E-state index contributed by atoms with van der Waals surface area (Å²) in [6.07, 6.45) is 1.96. The van der Waals surface area contributed by atoms with E-state index in [1.807, 2.05) is 90.1 Å². The molecule has 130 valence electrons. The number of anilines is 1. The van der Waals surface area contributed by atoms with Crippen LogP contribution < -0.4 is 5.32 Å². The predicted octanol–water partition coefficient (Wildman–Crippen LogP) is 3.59. The van der Waals surface area contributed by atoms with Crippen molar-refractivity contribution in [2.75, 3.05) is 5.32 Å². The van der Waals surface area contributed by atoms with Gasteiger partial charge in [-0.1, -0.05) is 42.5 Å². The third-order valence-corrected chi connectivity index (χ3v) is 4.31. The SMILES string of the molecule is Cc1ccn(-c2ccccc2NCc2nnc(-c3ccccc3)n2C)n1. The minimum absolute atomic E-state index is 0.577. The van der Waals surface area contributed by atoms with Crippen LogP contribution in [0.3, 0.4) is 0 Å².